The number of amides is 4. The molecule has 0 bridgehead atoms. The van der Waals surface area contributed by atoms with Gasteiger partial charge < -0.3 is 20.1 Å². The second kappa shape index (κ2) is 9.23. The van der Waals surface area contributed by atoms with Crippen molar-refractivity contribution in [2.45, 2.75) is 37.3 Å². The maximum absolute atomic E-state index is 12.8. The van der Waals surface area contributed by atoms with Gasteiger partial charge in [-0.25, -0.2) is 4.79 Å². The molecule has 1 atom stereocenters. The fourth-order valence-corrected chi connectivity index (χ4v) is 4.72. The van der Waals surface area contributed by atoms with Crippen molar-refractivity contribution in [1.82, 2.24) is 20.4 Å². The molecule has 31 heavy (non-hydrogen) atoms. The first-order valence-electron chi connectivity index (χ1n) is 10.9. The molecule has 9 nitrogen and oxygen atoms in total. The van der Waals surface area contributed by atoms with Gasteiger partial charge in [-0.05, 0) is 30.5 Å². The largest absolute Gasteiger partial charge is 0.497 e. The molecule has 2 aliphatic heterocycles. The van der Waals surface area contributed by atoms with E-state index < -0.39 is 11.6 Å². The van der Waals surface area contributed by atoms with Gasteiger partial charge in [0.2, 0.25) is 5.91 Å². The predicted octanol–water partition coefficient (Wildman–Crippen LogP) is 1.05. The Morgan fingerprint density at radius 3 is 2.52 bits per heavy atom. The molecule has 0 aromatic heterocycles. The van der Waals surface area contributed by atoms with E-state index >= 15 is 0 Å². The van der Waals surface area contributed by atoms with Crippen molar-refractivity contribution >= 4 is 17.8 Å². The van der Waals surface area contributed by atoms with Gasteiger partial charge in [0, 0.05) is 19.6 Å². The Morgan fingerprint density at radius 1 is 1.19 bits per heavy atom. The molecule has 9 heteroatoms. The van der Waals surface area contributed by atoms with Gasteiger partial charge >= 0.3 is 6.03 Å². The van der Waals surface area contributed by atoms with Gasteiger partial charge in [-0.1, -0.05) is 25.0 Å². The Bertz CT molecular complexity index is 816. The lowest BCUT2D eigenvalue weighted by atomic mass is 9.98. The first-order chi connectivity index (χ1) is 15.0. The summed E-state index contributed by atoms with van der Waals surface area (Å²) in [4.78, 5) is 41.1. The van der Waals surface area contributed by atoms with Gasteiger partial charge in [0.25, 0.3) is 5.91 Å². The summed E-state index contributed by atoms with van der Waals surface area (Å²) >= 11 is 0. The molecule has 0 unspecified atom stereocenters. The highest BCUT2D eigenvalue weighted by atomic mass is 16.5. The minimum atomic E-state index is -0.795. The van der Waals surface area contributed by atoms with Crippen LogP contribution in [0.3, 0.4) is 0 Å². The minimum Gasteiger partial charge on any atom is -0.497 e. The number of morpholine rings is 1. The standard InChI is InChI=1S/C22H30N4O5/c1-30-17-6-4-16(5-7-17)18(25-10-12-31-13-11-25)14-23-19(27)15-26-20(28)22(24-21(26)29)8-2-3-9-22/h4-7,18H,2-3,8-15H2,1H3,(H,23,27)(H,24,29)/t18-/m0/s1. The number of rotatable bonds is 7. The Kier molecular flexibility index (Phi) is 6.43. The summed E-state index contributed by atoms with van der Waals surface area (Å²) in [5.41, 5.74) is 0.263. The summed E-state index contributed by atoms with van der Waals surface area (Å²) in [6.45, 7) is 2.94. The zero-order valence-electron chi connectivity index (χ0n) is 17.9. The number of methoxy groups -OCH3 is 1. The van der Waals surface area contributed by atoms with Crippen LogP contribution < -0.4 is 15.4 Å². The number of carbonyl (C=O) groups is 3. The molecule has 2 heterocycles. The van der Waals surface area contributed by atoms with Crippen LogP contribution in [0.15, 0.2) is 24.3 Å². The fraction of sp³-hybridized carbons (Fsp3) is 0.591. The second-order valence-electron chi connectivity index (χ2n) is 8.35. The summed E-state index contributed by atoms with van der Waals surface area (Å²) in [6, 6.07) is 7.28. The molecular weight excluding hydrogens is 400 g/mol. The summed E-state index contributed by atoms with van der Waals surface area (Å²) in [5, 5.41) is 5.74. The maximum atomic E-state index is 12.8. The van der Waals surface area contributed by atoms with Crippen molar-refractivity contribution in [3.8, 4) is 5.75 Å². The number of hydrogen-bond acceptors (Lipinski definition) is 6. The van der Waals surface area contributed by atoms with E-state index in [0.717, 1.165) is 42.1 Å². The van der Waals surface area contributed by atoms with Gasteiger partial charge in [-0.2, -0.15) is 0 Å². The number of urea groups is 1. The molecule has 1 spiro atoms. The zero-order valence-corrected chi connectivity index (χ0v) is 17.9. The van der Waals surface area contributed by atoms with Crippen molar-refractivity contribution in [1.29, 1.82) is 0 Å². The Hall–Kier alpha value is -2.65. The number of imide groups is 1. The summed E-state index contributed by atoms with van der Waals surface area (Å²) in [7, 11) is 1.63. The van der Waals surface area contributed by atoms with Gasteiger partial charge in [0.1, 0.15) is 17.8 Å². The third-order valence-electron chi connectivity index (χ3n) is 6.48. The average Bonchev–Trinajstić information content (AvgIpc) is 3.35. The molecular formula is C22H30N4O5. The predicted molar refractivity (Wildman–Crippen MR) is 113 cm³/mol. The molecule has 3 aliphatic rings. The van der Waals surface area contributed by atoms with Gasteiger partial charge in [-0.15, -0.1) is 0 Å². The summed E-state index contributed by atoms with van der Waals surface area (Å²) in [5.74, 6) is 0.156. The molecule has 1 saturated carbocycles. The van der Waals surface area contributed by atoms with E-state index in [1.165, 1.54) is 0 Å². The summed E-state index contributed by atoms with van der Waals surface area (Å²) < 4.78 is 10.7. The van der Waals surface area contributed by atoms with Crippen molar-refractivity contribution in [2.24, 2.45) is 0 Å². The highest BCUT2D eigenvalue weighted by Crippen LogP contribution is 2.34. The molecule has 4 amide bonds. The van der Waals surface area contributed by atoms with Crippen molar-refractivity contribution in [2.75, 3.05) is 46.5 Å². The average molecular weight is 431 g/mol. The summed E-state index contributed by atoms with van der Waals surface area (Å²) in [6.07, 6.45) is 3.11. The molecule has 1 aliphatic carbocycles. The molecule has 1 aromatic rings. The smallest absolute Gasteiger partial charge is 0.325 e. The van der Waals surface area contributed by atoms with Gasteiger partial charge in [0.05, 0.1) is 26.4 Å². The Labute approximate surface area is 182 Å². The molecule has 4 rings (SSSR count). The van der Waals surface area contributed by atoms with Gasteiger partial charge in [0.15, 0.2) is 0 Å². The quantitative estimate of drug-likeness (QED) is 0.628. The lowest BCUT2D eigenvalue weighted by Crippen LogP contribution is -2.47. The van der Waals surface area contributed by atoms with E-state index in [0.29, 0.717) is 32.6 Å². The Balaban J connectivity index is 1.39. The first kappa shape index (κ1) is 21.6. The lowest BCUT2D eigenvalue weighted by Gasteiger charge is -2.35. The highest BCUT2D eigenvalue weighted by molar-refractivity contribution is 6.09. The number of benzene rings is 1. The van der Waals surface area contributed by atoms with Crippen LogP contribution in [0.2, 0.25) is 0 Å². The van der Waals surface area contributed by atoms with Crippen molar-refractivity contribution in [3.05, 3.63) is 29.8 Å². The van der Waals surface area contributed by atoms with Crippen LogP contribution >= 0.6 is 0 Å². The van der Waals surface area contributed by atoms with Crippen molar-refractivity contribution < 1.29 is 23.9 Å². The topological polar surface area (TPSA) is 100 Å². The molecule has 168 valence electrons. The zero-order chi connectivity index (χ0) is 21.8. The van der Waals surface area contributed by atoms with E-state index in [1.54, 1.807) is 7.11 Å². The third-order valence-corrected chi connectivity index (χ3v) is 6.48. The SMILES string of the molecule is COc1ccc([C@H](CNC(=O)CN2C(=O)NC3(CCCC3)C2=O)N2CCOCC2)cc1. The number of nitrogens with one attached hydrogen (secondary N) is 2. The van der Waals surface area contributed by atoms with Crippen LogP contribution in [0, 0.1) is 0 Å². The van der Waals surface area contributed by atoms with Gasteiger partial charge in [-0.3, -0.25) is 19.4 Å². The third kappa shape index (κ3) is 4.52. The monoisotopic (exact) mass is 430 g/mol. The highest BCUT2D eigenvalue weighted by Gasteiger charge is 2.52. The van der Waals surface area contributed by atoms with Crippen LogP contribution in [0.1, 0.15) is 37.3 Å². The minimum absolute atomic E-state index is 0.0389. The Morgan fingerprint density at radius 2 is 1.87 bits per heavy atom. The van der Waals surface area contributed by atoms with E-state index in [2.05, 4.69) is 15.5 Å². The first-order valence-corrected chi connectivity index (χ1v) is 10.9. The van der Waals surface area contributed by atoms with Crippen LogP contribution in [-0.4, -0.2) is 79.7 Å². The van der Waals surface area contributed by atoms with Crippen LogP contribution in [0.25, 0.3) is 0 Å². The molecule has 2 N–H and O–H groups in total. The van der Waals surface area contributed by atoms with Crippen LogP contribution in [0.5, 0.6) is 5.75 Å². The fourth-order valence-electron chi connectivity index (χ4n) is 4.72. The molecule has 0 radical (unpaired) electrons. The van der Waals surface area contributed by atoms with Crippen LogP contribution in [-0.2, 0) is 14.3 Å². The van der Waals surface area contributed by atoms with E-state index in [4.69, 9.17) is 9.47 Å². The van der Waals surface area contributed by atoms with E-state index in [-0.39, 0.29) is 24.4 Å². The van der Waals surface area contributed by atoms with E-state index in [9.17, 15) is 14.4 Å². The number of nitrogens with zero attached hydrogens (tertiary/aromatic N) is 2. The normalized spacial score (nSPS) is 21.9. The number of hydrogen-bond donors (Lipinski definition) is 2. The number of ether oxygens (including phenoxy) is 2. The van der Waals surface area contributed by atoms with Crippen molar-refractivity contribution in [3.63, 3.8) is 0 Å². The van der Waals surface area contributed by atoms with Crippen LogP contribution in [0.4, 0.5) is 4.79 Å². The lowest BCUT2D eigenvalue weighted by molar-refractivity contribution is -0.135. The van der Waals surface area contributed by atoms with E-state index in [1.807, 2.05) is 24.3 Å². The molecule has 3 fully saturated rings. The maximum Gasteiger partial charge on any atom is 0.325 e. The molecule has 1 aromatic carbocycles. The second-order valence-corrected chi connectivity index (χ2v) is 8.35. The number of carbonyl (C=O) groups excluding carboxylic acids is 3. The molecule has 2 saturated heterocycles.